The molecule has 0 saturated heterocycles. The normalized spacial score (nSPS) is 14.0. The predicted octanol–water partition coefficient (Wildman–Crippen LogP) is 26.8. The Bertz CT molecular complexity index is 2020. The summed E-state index contributed by atoms with van der Waals surface area (Å²) in [6.45, 7) is 7.42. The molecule has 630 valence electrons. The Morgan fingerprint density at radius 1 is 0.264 bits per heavy atom. The molecule has 3 unspecified atom stereocenters. The fourth-order valence-corrected chi connectivity index (χ4v) is 15.2. The van der Waals surface area contributed by atoms with Gasteiger partial charge in [0.2, 0.25) is 0 Å². The Morgan fingerprint density at radius 3 is 0.670 bits per heavy atom. The Kier molecular flexibility index (Phi) is 78.2. The van der Waals surface area contributed by atoms with Crippen molar-refractivity contribution in [2.75, 3.05) is 39.6 Å². The average molecular weight is 1550 g/mol. The van der Waals surface area contributed by atoms with Gasteiger partial charge < -0.3 is 33.8 Å². The number of ether oxygens (including phenoxy) is 4. The maximum Gasteiger partial charge on any atom is 0.472 e. The number of hydrogen-bond donors (Lipinski definition) is 3. The van der Waals surface area contributed by atoms with E-state index in [1.165, 1.54) is 295 Å². The van der Waals surface area contributed by atoms with E-state index in [0.29, 0.717) is 25.7 Å². The van der Waals surface area contributed by atoms with Crippen molar-refractivity contribution in [1.29, 1.82) is 0 Å². The molecule has 0 aromatic heterocycles. The number of rotatable bonds is 87. The van der Waals surface area contributed by atoms with Crippen molar-refractivity contribution in [3.8, 4) is 0 Å². The topological polar surface area (TPSA) is 237 Å². The van der Waals surface area contributed by atoms with Crippen LogP contribution < -0.4 is 0 Å². The zero-order valence-corrected chi connectivity index (χ0v) is 71.4. The monoisotopic (exact) mass is 1550 g/mol. The van der Waals surface area contributed by atoms with Crippen LogP contribution in [0.5, 0.6) is 0 Å². The van der Waals surface area contributed by atoms with Gasteiger partial charge in [0.1, 0.15) is 19.3 Å². The molecule has 0 radical (unpaired) electrons. The fourth-order valence-electron chi connectivity index (χ4n) is 13.6. The molecule has 0 aromatic rings. The van der Waals surface area contributed by atoms with Crippen LogP contribution in [0.1, 0.15) is 471 Å². The second-order valence-electron chi connectivity index (χ2n) is 31.5. The summed E-state index contributed by atoms with van der Waals surface area (Å²) < 4.78 is 68.8. The van der Waals surface area contributed by atoms with Gasteiger partial charge in [-0.2, -0.15) is 0 Å². The van der Waals surface area contributed by atoms with Crippen LogP contribution in [0.4, 0.5) is 0 Å². The van der Waals surface area contributed by atoms with E-state index in [2.05, 4.69) is 34.6 Å². The molecule has 0 aliphatic rings. The number of unbranched alkanes of at least 4 members (excludes halogenated alkanes) is 58. The average Bonchev–Trinajstić information content (AvgIpc) is 0.917. The van der Waals surface area contributed by atoms with Gasteiger partial charge in [0, 0.05) is 25.7 Å². The van der Waals surface area contributed by atoms with E-state index in [4.69, 9.17) is 37.0 Å². The van der Waals surface area contributed by atoms with Crippen molar-refractivity contribution in [2.45, 2.75) is 490 Å². The number of aliphatic hydroxyl groups is 1. The quantitative estimate of drug-likeness (QED) is 0.0222. The molecular formula is C87H170O17P2. The molecule has 0 bridgehead atoms. The third-order valence-corrected chi connectivity index (χ3v) is 22.8. The van der Waals surface area contributed by atoms with E-state index >= 15 is 0 Å². The van der Waals surface area contributed by atoms with E-state index in [9.17, 15) is 43.2 Å². The van der Waals surface area contributed by atoms with Crippen LogP contribution in [0.3, 0.4) is 0 Å². The van der Waals surface area contributed by atoms with Crippen LogP contribution in [0, 0.1) is 5.92 Å². The first kappa shape index (κ1) is 104. The van der Waals surface area contributed by atoms with Crippen LogP contribution in [-0.4, -0.2) is 96.7 Å². The summed E-state index contributed by atoms with van der Waals surface area (Å²) in [6, 6.07) is 0. The Hall–Kier alpha value is -1.94. The van der Waals surface area contributed by atoms with E-state index in [-0.39, 0.29) is 25.7 Å². The molecular weight excluding hydrogens is 1380 g/mol. The lowest BCUT2D eigenvalue weighted by Gasteiger charge is -2.21. The van der Waals surface area contributed by atoms with Gasteiger partial charge in [-0.3, -0.25) is 37.3 Å². The van der Waals surface area contributed by atoms with Crippen molar-refractivity contribution in [1.82, 2.24) is 0 Å². The number of phosphoric acid groups is 2. The molecule has 0 rings (SSSR count). The van der Waals surface area contributed by atoms with Crippen LogP contribution in [0.25, 0.3) is 0 Å². The maximum absolute atomic E-state index is 13.2. The van der Waals surface area contributed by atoms with Gasteiger partial charge in [-0.15, -0.1) is 0 Å². The van der Waals surface area contributed by atoms with Crippen LogP contribution in [0.15, 0.2) is 0 Å². The first-order chi connectivity index (χ1) is 51.6. The minimum atomic E-state index is -4.97. The summed E-state index contributed by atoms with van der Waals surface area (Å²) in [7, 11) is -9.92. The molecule has 0 fully saturated rings. The summed E-state index contributed by atoms with van der Waals surface area (Å²) in [5, 5.41) is 10.7. The molecule has 3 N–H and O–H groups in total. The van der Waals surface area contributed by atoms with E-state index in [1.807, 2.05) is 0 Å². The predicted molar refractivity (Wildman–Crippen MR) is 437 cm³/mol. The van der Waals surface area contributed by atoms with E-state index in [1.54, 1.807) is 0 Å². The Morgan fingerprint density at radius 2 is 0.453 bits per heavy atom. The van der Waals surface area contributed by atoms with Crippen LogP contribution >= 0.6 is 15.6 Å². The third-order valence-electron chi connectivity index (χ3n) is 20.9. The molecule has 0 amide bonds. The highest BCUT2D eigenvalue weighted by atomic mass is 31.2. The van der Waals surface area contributed by atoms with Crippen molar-refractivity contribution in [2.24, 2.45) is 5.92 Å². The fraction of sp³-hybridized carbons (Fsp3) is 0.954. The SMILES string of the molecule is CCCCCCCCCCCCCCCCCCCCCCCC(=O)OC[C@H](COP(=O)(O)OC[C@@H](O)COP(=O)(O)OC[C@@H](COC(=O)CCCCCCCCCCC)OC(=O)CCCCCCCCCCCCCCCC)OC(=O)CCCCCCCCCCCCCCCCCCCCC(C)CC. The minimum Gasteiger partial charge on any atom is -0.462 e. The van der Waals surface area contributed by atoms with E-state index in [0.717, 1.165) is 95.8 Å². The molecule has 17 nitrogen and oxygen atoms in total. The number of carbonyl (C=O) groups excluding carboxylic acids is 4. The van der Waals surface area contributed by atoms with Crippen molar-refractivity contribution < 1.29 is 80.2 Å². The molecule has 6 atom stereocenters. The van der Waals surface area contributed by atoms with Crippen molar-refractivity contribution >= 4 is 39.5 Å². The molecule has 0 aromatic carbocycles. The van der Waals surface area contributed by atoms with E-state index < -0.39 is 97.5 Å². The number of aliphatic hydroxyl groups excluding tert-OH is 1. The number of esters is 4. The first-order valence-corrected chi connectivity index (χ1v) is 48.2. The summed E-state index contributed by atoms with van der Waals surface area (Å²) in [5.41, 5.74) is 0. The number of phosphoric ester groups is 2. The molecule has 0 aliphatic heterocycles. The third kappa shape index (κ3) is 78.7. The van der Waals surface area contributed by atoms with Crippen molar-refractivity contribution in [3.63, 3.8) is 0 Å². The Labute approximate surface area is 651 Å². The number of hydrogen-bond acceptors (Lipinski definition) is 15. The zero-order chi connectivity index (χ0) is 77.6. The standard InChI is InChI=1S/C87H170O17P2/c1-6-10-13-16-19-22-24-26-28-29-30-31-32-36-39-43-46-51-56-61-66-71-85(90)98-77-83(104-87(92)73-68-63-58-53-48-44-40-37-34-33-35-38-41-45-50-54-59-64-69-80(5)9-4)79-102-106(95,96)100-75-81(88)74-99-105(93,94)101-78-82(76-97-84(89)70-65-60-55-49-21-18-15-12-8-3)103-86(91)72-67-62-57-52-47-42-27-25-23-20-17-14-11-7-2/h80-83,88H,6-79H2,1-5H3,(H,93,94)(H,95,96)/t80?,81-,82+,83+/m0/s1. The lowest BCUT2D eigenvalue weighted by atomic mass is 9.99. The lowest BCUT2D eigenvalue weighted by Crippen LogP contribution is -2.30. The summed E-state index contributed by atoms with van der Waals surface area (Å²) in [6.07, 6.45) is 73.7. The smallest absolute Gasteiger partial charge is 0.462 e. The van der Waals surface area contributed by atoms with Gasteiger partial charge in [-0.05, 0) is 31.6 Å². The molecule has 106 heavy (non-hydrogen) atoms. The zero-order valence-electron chi connectivity index (χ0n) is 69.6. The highest BCUT2D eigenvalue weighted by Crippen LogP contribution is 2.45. The molecule has 19 heteroatoms. The summed E-state index contributed by atoms with van der Waals surface area (Å²) >= 11 is 0. The maximum atomic E-state index is 13.2. The van der Waals surface area contributed by atoms with Crippen LogP contribution in [0.2, 0.25) is 0 Å². The second-order valence-corrected chi connectivity index (χ2v) is 34.4. The first-order valence-electron chi connectivity index (χ1n) is 45.2. The number of carbonyl (C=O) groups is 4. The summed E-state index contributed by atoms with van der Waals surface area (Å²) in [4.78, 5) is 73.2. The molecule has 0 spiro atoms. The van der Waals surface area contributed by atoms with Gasteiger partial charge >= 0.3 is 39.5 Å². The largest absolute Gasteiger partial charge is 0.472 e. The molecule has 0 heterocycles. The second kappa shape index (κ2) is 79.7. The lowest BCUT2D eigenvalue weighted by molar-refractivity contribution is -0.161. The molecule has 0 saturated carbocycles. The van der Waals surface area contributed by atoms with Gasteiger partial charge in [0.25, 0.3) is 0 Å². The van der Waals surface area contributed by atoms with Gasteiger partial charge in [0.05, 0.1) is 26.4 Å². The minimum absolute atomic E-state index is 0.108. The van der Waals surface area contributed by atoms with Gasteiger partial charge in [0.15, 0.2) is 12.2 Å². The van der Waals surface area contributed by atoms with Gasteiger partial charge in [-0.25, -0.2) is 9.13 Å². The van der Waals surface area contributed by atoms with Crippen molar-refractivity contribution in [3.05, 3.63) is 0 Å². The molecule has 0 aliphatic carbocycles. The Balaban J connectivity index is 5.19. The van der Waals surface area contributed by atoms with Gasteiger partial charge in [-0.1, -0.05) is 420 Å². The van der Waals surface area contributed by atoms with Crippen LogP contribution in [-0.2, 0) is 65.4 Å². The highest BCUT2D eigenvalue weighted by Gasteiger charge is 2.30. The highest BCUT2D eigenvalue weighted by molar-refractivity contribution is 7.47. The summed E-state index contributed by atoms with van der Waals surface area (Å²) in [5.74, 6) is -1.23.